The fraction of sp³-hybridized carbons (Fsp3) is 0. The summed E-state index contributed by atoms with van der Waals surface area (Å²) in [6, 6.07) is 0. The molecule has 0 bridgehead atoms. The van der Waals surface area contributed by atoms with Crippen LogP contribution in [0.3, 0.4) is 0 Å². The van der Waals surface area contributed by atoms with Crippen LogP contribution in [0.2, 0.25) is 0 Å². The van der Waals surface area contributed by atoms with E-state index in [1.165, 1.54) is 0 Å². The van der Waals surface area contributed by atoms with Crippen molar-refractivity contribution in [2.45, 2.75) is 0 Å². The van der Waals surface area contributed by atoms with Gasteiger partial charge in [0.15, 0.2) is 0 Å². The molecular weight excluding hydrogens is 342 g/mol. The zero-order chi connectivity index (χ0) is 6.69. The Kier molecular flexibility index (Phi) is 2.87. The van der Waals surface area contributed by atoms with Crippen LogP contribution in [0.15, 0.2) is 26.0 Å². The zero-order valence-corrected chi connectivity index (χ0v) is 8.62. The van der Waals surface area contributed by atoms with Gasteiger partial charge in [0.05, 0.1) is 6.20 Å². The van der Waals surface area contributed by atoms with Crippen molar-refractivity contribution < 1.29 is 0 Å². The van der Waals surface area contributed by atoms with Crippen LogP contribution in [0.25, 0.3) is 0 Å². The molecule has 0 fully saturated rings. The standard InChI is InChI=1S/C5H2I2N2/c6-4-3-5(7)9-2-1-8-4/h1,3H. The van der Waals surface area contributed by atoms with Crippen molar-refractivity contribution in [3.8, 4) is 0 Å². The largest absolute Gasteiger partial charge is 0.240 e. The molecule has 9 heavy (non-hydrogen) atoms. The number of halogens is 2. The second-order valence-electron chi connectivity index (χ2n) is 1.29. The molecule has 0 aromatic carbocycles. The first kappa shape index (κ1) is 7.43. The number of hydrogen-bond donors (Lipinski definition) is 0. The molecule has 1 heterocycles. The Bertz CT molecular complexity index is 233. The fourth-order valence-corrected chi connectivity index (χ4v) is 1.81. The van der Waals surface area contributed by atoms with Crippen molar-refractivity contribution >= 4 is 54.8 Å². The number of allylic oxidation sites excluding steroid dienone is 1. The maximum atomic E-state index is 3.97. The molecule has 0 aromatic rings. The molecule has 1 aliphatic heterocycles. The number of rotatable bonds is 0. The number of nitrogens with zero attached hydrogens (tertiary/aromatic N) is 2. The molecule has 1 aliphatic rings. The molecule has 0 N–H and O–H groups in total. The van der Waals surface area contributed by atoms with Gasteiger partial charge in [0, 0.05) is 11.9 Å². The van der Waals surface area contributed by atoms with Gasteiger partial charge in [-0.3, -0.25) is 0 Å². The third-order valence-corrected chi connectivity index (χ3v) is 1.80. The lowest BCUT2D eigenvalue weighted by molar-refractivity contribution is 1.60. The summed E-state index contributed by atoms with van der Waals surface area (Å²) >= 11 is 4.26. The lowest BCUT2D eigenvalue weighted by atomic mass is 10.7. The minimum atomic E-state index is 0.912. The monoisotopic (exact) mass is 344 g/mol. The van der Waals surface area contributed by atoms with E-state index in [2.05, 4.69) is 61.0 Å². The molecular formula is C5H2I2N2. The molecule has 2 nitrogen and oxygen atoms in total. The van der Waals surface area contributed by atoms with Gasteiger partial charge in [-0.1, -0.05) is 0 Å². The van der Waals surface area contributed by atoms with Gasteiger partial charge in [-0.15, -0.1) is 0 Å². The Morgan fingerprint density at radius 1 is 1.44 bits per heavy atom. The Morgan fingerprint density at radius 2 is 2.22 bits per heavy atom. The lowest BCUT2D eigenvalue weighted by Gasteiger charge is -1.81. The summed E-state index contributed by atoms with van der Waals surface area (Å²) in [6.07, 6.45) is 3.45. The lowest BCUT2D eigenvalue weighted by Crippen LogP contribution is -1.74. The molecule has 0 aliphatic carbocycles. The van der Waals surface area contributed by atoms with E-state index in [9.17, 15) is 0 Å². The van der Waals surface area contributed by atoms with Gasteiger partial charge in [0.25, 0.3) is 0 Å². The second-order valence-corrected chi connectivity index (χ2v) is 3.50. The van der Waals surface area contributed by atoms with Crippen molar-refractivity contribution in [2.75, 3.05) is 0 Å². The molecule has 0 radical (unpaired) electrons. The van der Waals surface area contributed by atoms with Crippen LogP contribution in [-0.2, 0) is 0 Å². The molecule has 46 valence electrons. The quantitative estimate of drug-likeness (QED) is 0.476. The molecule has 4 heteroatoms. The summed E-state index contributed by atoms with van der Waals surface area (Å²) in [6.45, 7) is 0. The first-order valence-corrected chi connectivity index (χ1v) is 4.33. The van der Waals surface area contributed by atoms with E-state index in [-0.39, 0.29) is 0 Å². The molecule has 0 aromatic heterocycles. The van der Waals surface area contributed by atoms with Gasteiger partial charge < -0.3 is 0 Å². The highest BCUT2D eigenvalue weighted by atomic mass is 127. The van der Waals surface area contributed by atoms with Gasteiger partial charge >= 0.3 is 0 Å². The highest BCUT2D eigenvalue weighted by molar-refractivity contribution is 14.1. The normalized spacial score (nSPS) is 16.7. The summed E-state index contributed by atoms with van der Waals surface area (Å²) in [5.74, 6) is 2.66. The van der Waals surface area contributed by atoms with E-state index < -0.39 is 0 Å². The van der Waals surface area contributed by atoms with E-state index in [0.717, 1.165) is 7.42 Å². The van der Waals surface area contributed by atoms with Crippen LogP contribution >= 0.6 is 45.2 Å². The summed E-state index contributed by atoms with van der Waals surface area (Å²) in [7, 11) is 0. The minimum absolute atomic E-state index is 0.912. The van der Waals surface area contributed by atoms with Gasteiger partial charge in [0.2, 0.25) is 0 Å². The average molecular weight is 344 g/mol. The predicted molar refractivity (Wildman–Crippen MR) is 55.6 cm³/mol. The topological polar surface area (TPSA) is 24.7 Å². The van der Waals surface area contributed by atoms with Crippen LogP contribution in [0.4, 0.5) is 0 Å². The number of hydrogen-bond acceptors (Lipinski definition) is 2. The van der Waals surface area contributed by atoms with E-state index in [1.807, 2.05) is 6.08 Å². The van der Waals surface area contributed by atoms with Crippen molar-refractivity contribution in [1.29, 1.82) is 0 Å². The van der Waals surface area contributed by atoms with Gasteiger partial charge in [-0.05, 0) is 45.2 Å². The second kappa shape index (κ2) is 3.48. The van der Waals surface area contributed by atoms with Crippen molar-refractivity contribution in [1.82, 2.24) is 0 Å². The Balaban J connectivity index is 3.00. The Hall–Kier alpha value is 0.320. The first-order valence-electron chi connectivity index (χ1n) is 2.17. The van der Waals surface area contributed by atoms with Crippen molar-refractivity contribution in [2.24, 2.45) is 9.98 Å². The molecule has 0 unspecified atom stereocenters. The molecule has 1 rings (SSSR count). The zero-order valence-electron chi connectivity index (χ0n) is 4.31. The van der Waals surface area contributed by atoms with Crippen LogP contribution in [0, 0.1) is 0 Å². The Labute approximate surface area is 80.1 Å². The third kappa shape index (κ3) is 2.59. The maximum Gasteiger partial charge on any atom is 0.113 e. The van der Waals surface area contributed by atoms with E-state index in [4.69, 9.17) is 0 Å². The third-order valence-electron chi connectivity index (χ3n) is 0.655. The van der Waals surface area contributed by atoms with E-state index in [1.54, 1.807) is 6.20 Å². The molecule has 0 saturated heterocycles. The van der Waals surface area contributed by atoms with Crippen molar-refractivity contribution in [3.63, 3.8) is 0 Å². The summed E-state index contributed by atoms with van der Waals surface area (Å²) < 4.78 is 1.85. The summed E-state index contributed by atoms with van der Waals surface area (Å²) in [5.41, 5.74) is 0. The Morgan fingerprint density at radius 3 is 3.00 bits per heavy atom. The molecule has 0 spiro atoms. The van der Waals surface area contributed by atoms with Gasteiger partial charge in [-0.25, -0.2) is 4.99 Å². The highest BCUT2D eigenvalue weighted by Gasteiger charge is 1.90. The van der Waals surface area contributed by atoms with Crippen molar-refractivity contribution in [3.05, 3.63) is 16.0 Å². The van der Waals surface area contributed by atoms with Gasteiger partial charge in [0.1, 0.15) is 7.42 Å². The minimum Gasteiger partial charge on any atom is -0.240 e. The van der Waals surface area contributed by atoms with Crippen LogP contribution < -0.4 is 0 Å². The predicted octanol–water partition coefficient (Wildman–Crippen LogP) is 2.29. The molecule has 0 saturated carbocycles. The van der Waals surface area contributed by atoms with Gasteiger partial charge in [-0.2, -0.15) is 4.99 Å². The highest BCUT2D eigenvalue weighted by Crippen LogP contribution is 2.10. The van der Waals surface area contributed by atoms with E-state index in [0.29, 0.717) is 0 Å². The van der Waals surface area contributed by atoms with E-state index >= 15 is 0 Å². The number of aliphatic imine (C=N–C) groups is 2. The summed E-state index contributed by atoms with van der Waals surface area (Å²) in [4.78, 5) is 7.86. The molecule has 0 atom stereocenters. The SMILES string of the molecule is IC1=CC(I)=NC=C=N1. The van der Waals surface area contributed by atoms with Crippen LogP contribution in [0.5, 0.6) is 0 Å². The van der Waals surface area contributed by atoms with Crippen LogP contribution in [-0.4, -0.2) is 9.59 Å². The average Bonchev–Trinajstić information content (AvgIpc) is 1.93. The molecule has 0 amide bonds. The first-order chi connectivity index (χ1) is 4.29. The van der Waals surface area contributed by atoms with Crippen LogP contribution in [0.1, 0.15) is 0 Å². The maximum absolute atomic E-state index is 3.97. The summed E-state index contributed by atoms with van der Waals surface area (Å²) in [5, 5.41) is 0. The smallest absolute Gasteiger partial charge is 0.113 e. The fourth-order valence-electron chi connectivity index (χ4n) is 0.349.